The average Bonchev–Trinajstić information content (AvgIpc) is 2.75. The van der Waals surface area contributed by atoms with Crippen LogP contribution in [-0.2, 0) is 30.7 Å². The smallest absolute Gasteiger partial charge is 0.410 e. The Morgan fingerprint density at radius 2 is 1.84 bits per heavy atom. The zero-order valence-corrected chi connectivity index (χ0v) is 18.6. The molecule has 162 valence electrons. The molecule has 1 aliphatic heterocycles. The molecule has 31 heavy (non-hydrogen) atoms. The van der Waals surface area contributed by atoms with Crippen LogP contribution in [0, 0.1) is 0 Å². The van der Waals surface area contributed by atoms with Gasteiger partial charge in [0.25, 0.3) is 5.56 Å². The topological polar surface area (TPSA) is 64.4 Å². The van der Waals surface area contributed by atoms with Crippen LogP contribution in [-0.4, -0.2) is 32.7 Å². The molecule has 0 radical (unpaired) electrons. The fourth-order valence-electron chi connectivity index (χ4n) is 4.22. The molecule has 0 aliphatic carbocycles. The Labute approximate surface area is 182 Å². The fraction of sp³-hybridized carbons (Fsp3) is 0.400. The number of carbonyl (C=O) groups excluding carboxylic acids is 1. The van der Waals surface area contributed by atoms with E-state index in [-0.39, 0.29) is 18.2 Å². The van der Waals surface area contributed by atoms with Gasteiger partial charge in [0.2, 0.25) is 0 Å². The van der Waals surface area contributed by atoms with Crippen LogP contribution in [0.5, 0.6) is 0 Å². The lowest BCUT2D eigenvalue weighted by Crippen LogP contribution is -2.43. The van der Waals surface area contributed by atoms with Crippen molar-refractivity contribution in [1.29, 1.82) is 0 Å². The summed E-state index contributed by atoms with van der Waals surface area (Å²) in [6.45, 7) is 8.89. The highest BCUT2D eigenvalue weighted by Crippen LogP contribution is 2.26. The third kappa shape index (κ3) is 4.20. The zero-order valence-electron chi connectivity index (χ0n) is 18.6. The van der Waals surface area contributed by atoms with Gasteiger partial charge in [-0.3, -0.25) is 9.36 Å². The molecule has 3 heterocycles. The first-order chi connectivity index (χ1) is 14.8. The summed E-state index contributed by atoms with van der Waals surface area (Å²) in [7, 11) is 0. The van der Waals surface area contributed by atoms with E-state index in [9.17, 15) is 9.59 Å². The van der Waals surface area contributed by atoms with E-state index in [4.69, 9.17) is 4.74 Å². The summed E-state index contributed by atoms with van der Waals surface area (Å²) in [4.78, 5) is 32.5. The molecule has 0 saturated carbocycles. The van der Waals surface area contributed by atoms with E-state index in [1.807, 2.05) is 45.0 Å². The van der Waals surface area contributed by atoms with Crippen molar-refractivity contribution in [1.82, 2.24) is 14.5 Å². The number of fused-ring (bicyclic) bond motifs is 3. The molecule has 6 heteroatoms. The quantitative estimate of drug-likeness (QED) is 0.635. The van der Waals surface area contributed by atoms with Gasteiger partial charge in [-0.2, -0.15) is 0 Å². The van der Waals surface area contributed by atoms with Crippen molar-refractivity contribution in [2.45, 2.75) is 59.2 Å². The van der Waals surface area contributed by atoms with Crippen LogP contribution in [0.1, 0.15) is 49.9 Å². The number of nitrogens with zero attached hydrogens (tertiary/aromatic N) is 3. The van der Waals surface area contributed by atoms with E-state index in [0.717, 1.165) is 22.9 Å². The van der Waals surface area contributed by atoms with E-state index in [2.05, 4.69) is 24.0 Å². The molecule has 1 aliphatic rings. The number of aromatic nitrogens is 2. The van der Waals surface area contributed by atoms with E-state index in [1.165, 1.54) is 5.56 Å². The number of rotatable bonds is 3. The summed E-state index contributed by atoms with van der Waals surface area (Å²) in [5.41, 5.74) is 4.02. The number of amides is 1. The molecule has 1 amide bonds. The van der Waals surface area contributed by atoms with E-state index in [1.54, 1.807) is 15.7 Å². The molecular formula is C25H29N3O3. The van der Waals surface area contributed by atoms with Gasteiger partial charge in [0, 0.05) is 23.7 Å². The molecule has 0 atom stereocenters. The van der Waals surface area contributed by atoms with E-state index in [0.29, 0.717) is 30.7 Å². The lowest BCUT2D eigenvalue weighted by molar-refractivity contribution is 0.0223. The molecule has 0 N–H and O–H groups in total. The van der Waals surface area contributed by atoms with Crippen molar-refractivity contribution in [2.75, 3.05) is 6.54 Å². The highest BCUT2D eigenvalue weighted by atomic mass is 16.6. The Morgan fingerprint density at radius 3 is 2.55 bits per heavy atom. The predicted molar refractivity (Wildman–Crippen MR) is 121 cm³/mol. The lowest BCUT2D eigenvalue weighted by atomic mass is 9.97. The third-order valence-corrected chi connectivity index (χ3v) is 5.70. The van der Waals surface area contributed by atoms with Crippen LogP contribution in [0.2, 0.25) is 0 Å². The van der Waals surface area contributed by atoms with Gasteiger partial charge in [0.15, 0.2) is 0 Å². The first kappa shape index (κ1) is 21.1. The largest absolute Gasteiger partial charge is 0.444 e. The summed E-state index contributed by atoms with van der Waals surface area (Å²) in [5, 5.41) is 0.981. The summed E-state index contributed by atoms with van der Waals surface area (Å²) in [6, 6.07) is 12.1. The standard InChI is InChI=1S/C25H29N3O3/c1-5-17-9-6-7-10-18(17)15-28-22-20(11-8-13-26-22)19-12-14-27(16-21(19)23(28)29)24(30)31-25(2,3)4/h6-11,13H,5,12,14-16H2,1-4H3. The van der Waals surface area contributed by atoms with E-state index >= 15 is 0 Å². The second kappa shape index (κ2) is 8.17. The Bertz CT molecular complexity index is 1190. The summed E-state index contributed by atoms with van der Waals surface area (Å²) in [6.07, 6.45) is 2.85. The molecule has 4 rings (SSSR count). The highest BCUT2D eigenvalue weighted by molar-refractivity contribution is 5.81. The van der Waals surface area contributed by atoms with E-state index < -0.39 is 5.60 Å². The second-order valence-corrected chi connectivity index (χ2v) is 9.00. The van der Waals surface area contributed by atoms with Crippen LogP contribution in [0.4, 0.5) is 4.79 Å². The number of aryl methyl sites for hydroxylation is 1. The molecular weight excluding hydrogens is 390 g/mol. The Hall–Kier alpha value is -3.15. The molecule has 0 spiro atoms. The maximum absolute atomic E-state index is 13.6. The third-order valence-electron chi connectivity index (χ3n) is 5.70. The molecule has 0 saturated heterocycles. The highest BCUT2D eigenvalue weighted by Gasteiger charge is 2.29. The van der Waals surface area contributed by atoms with Gasteiger partial charge in [-0.05, 0) is 62.4 Å². The minimum absolute atomic E-state index is 0.0830. The van der Waals surface area contributed by atoms with Crippen molar-refractivity contribution in [3.63, 3.8) is 0 Å². The number of benzene rings is 1. The number of carbonyl (C=O) groups is 1. The minimum Gasteiger partial charge on any atom is -0.444 e. The van der Waals surface area contributed by atoms with Crippen LogP contribution < -0.4 is 5.56 Å². The number of hydrogen-bond donors (Lipinski definition) is 0. The Morgan fingerprint density at radius 1 is 1.10 bits per heavy atom. The van der Waals surface area contributed by atoms with Crippen LogP contribution in [0.15, 0.2) is 47.4 Å². The fourth-order valence-corrected chi connectivity index (χ4v) is 4.22. The van der Waals surface area contributed by atoms with Crippen molar-refractivity contribution >= 4 is 17.1 Å². The van der Waals surface area contributed by atoms with Gasteiger partial charge in [-0.25, -0.2) is 9.78 Å². The van der Waals surface area contributed by atoms with Crippen LogP contribution >= 0.6 is 0 Å². The van der Waals surface area contributed by atoms with Crippen LogP contribution in [0.25, 0.3) is 11.0 Å². The first-order valence-corrected chi connectivity index (χ1v) is 10.8. The Kier molecular flexibility index (Phi) is 5.56. The summed E-state index contributed by atoms with van der Waals surface area (Å²) >= 11 is 0. The van der Waals surface area contributed by atoms with Gasteiger partial charge in [0.05, 0.1) is 13.1 Å². The molecule has 6 nitrogen and oxygen atoms in total. The van der Waals surface area contributed by atoms with Gasteiger partial charge in [0.1, 0.15) is 11.2 Å². The van der Waals surface area contributed by atoms with Gasteiger partial charge in [-0.15, -0.1) is 0 Å². The normalized spacial score (nSPS) is 13.9. The minimum atomic E-state index is -0.575. The summed E-state index contributed by atoms with van der Waals surface area (Å²) in [5.74, 6) is 0. The van der Waals surface area contributed by atoms with Crippen molar-refractivity contribution < 1.29 is 9.53 Å². The number of ether oxygens (including phenoxy) is 1. The molecule has 3 aromatic rings. The monoisotopic (exact) mass is 419 g/mol. The molecule has 0 bridgehead atoms. The SMILES string of the molecule is CCc1ccccc1Cn1c(=O)c2c(c3cccnc31)CCN(C(=O)OC(C)(C)C)C2. The maximum atomic E-state index is 13.6. The van der Waals surface area contributed by atoms with Crippen molar-refractivity contribution in [2.24, 2.45) is 0 Å². The summed E-state index contributed by atoms with van der Waals surface area (Å²) < 4.78 is 7.29. The average molecular weight is 420 g/mol. The van der Waals surface area contributed by atoms with Crippen molar-refractivity contribution in [3.05, 3.63) is 75.2 Å². The van der Waals surface area contributed by atoms with Gasteiger partial charge < -0.3 is 9.64 Å². The van der Waals surface area contributed by atoms with Gasteiger partial charge >= 0.3 is 6.09 Å². The lowest BCUT2D eigenvalue weighted by Gasteiger charge is -2.31. The number of hydrogen-bond acceptors (Lipinski definition) is 4. The molecule has 2 aromatic heterocycles. The van der Waals surface area contributed by atoms with Gasteiger partial charge in [-0.1, -0.05) is 31.2 Å². The maximum Gasteiger partial charge on any atom is 0.410 e. The molecule has 0 fully saturated rings. The first-order valence-electron chi connectivity index (χ1n) is 10.8. The molecule has 0 unspecified atom stereocenters. The number of pyridine rings is 2. The van der Waals surface area contributed by atoms with Crippen LogP contribution in [0.3, 0.4) is 0 Å². The zero-order chi connectivity index (χ0) is 22.2. The predicted octanol–water partition coefficient (Wildman–Crippen LogP) is 4.30. The second-order valence-electron chi connectivity index (χ2n) is 9.00. The Balaban J connectivity index is 1.80. The van der Waals surface area contributed by atoms with Crippen molar-refractivity contribution in [3.8, 4) is 0 Å². The molecule has 1 aromatic carbocycles.